The number of rotatable bonds is 10. The Morgan fingerprint density at radius 3 is 0.761 bits per heavy atom. The van der Waals surface area contributed by atoms with E-state index in [-0.39, 0.29) is 10.8 Å². The minimum atomic E-state index is -1.89. The SMILES string of the molecule is Cc1cc(C(C)(C)C)cc(C)c1[Si](c1c(C)cc(C(C)(C)C)cc1C)=[Si]([Si](C(C)C)(C(C)C)C(C)C)[Si](C(C)C)(C(C)C)C(C)C. The maximum absolute atomic E-state index is 2.68. The average molecular weight is 693 g/mol. The Labute approximate surface area is 293 Å². The van der Waals surface area contributed by atoms with Gasteiger partial charge in [-0.1, -0.05) is 182 Å². The van der Waals surface area contributed by atoms with Gasteiger partial charge in [-0.05, 0) is 89.2 Å². The van der Waals surface area contributed by atoms with Crippen molar-refractivity contribution in [1.82, 2.24) is 0 Å². The van der Waals surface area contributed by atoms with E-state index in [4.69, 9.17) is 0 Å². The van der Waals surface area contributed by atoms with Crippen LogP contribution in [0.3, 0.4) is 0 Å². The zero-order valence-corrected chi connectivity index (χ0v) is 38.8. The maximum Gasteiger partial charge on any atom is 0.0652 e. The van der Waals surface area contributed by atoms with Crippen molar-refractivity contribution in [3.63, 3.8) is 0 Å². The number of hydrogen-bond donors (Lipinski definition) is 0. The van der Waals surface area contributed by atoms with Gasteiger partial charge < -0.3 is 0 Å². The zero-order chi connectivity index (χ0) is 36.1. The van der Waals surface area contributed by atoms with E-state index in [1.165, 1.54) is 11.1 Å². The molecule has 0 N–H and O–H groups in total. The van der Waals surface area contributed by atoms with Crippen molar-refractivity contribution in [1.29, 1.82) is 0 Å². The van der Waals surface area contributed by atoms with Crippen molar-refractivity contribution in [3.05, 3.63) is 57.6 Å². The molecule has 2 rings (SSSR count). The lowest BCUT2D eigenvalue weighted by Crippen LogP contribution is -2.74. The van der Waals surface area contributed by atoms with Crippen LogP contribution in [-0.2, 0) is 10.8 Å². The van der Waals surface area contributed by atoms with Gasteiger partial charge >= 0.3 is 0 Å². The van der Waals surface area contributed by atoms with Crippen LogP contribution in [0.25, 0.3) is 0 Å². The molecule has 0 amide bonds. The lowest BCUT2D eigenvalue weighted by Gasteiger charge is -2.57. The second-order valence-electron chi connectivity index (χ2n) is 19.0. The molecule has 0 aliphatic heterocycles. The molecule has 260 valence electrons. The molecule has 0 saturated heterocycles. The summed E-state index contributed by atoms with van der Waals surface area (Å²) < 4.78 is 0. The van der Waals surface area contributed by atoms with E-state index in [9.17, 15) is 0 Å². The molecule has 0 atom stereocenters. The molecule has 2 aromatic carbocycles. The highest BCUT2D eigenvalue weighted by molar-refractivity contribution is 7.69. The summed E-state index contributed by atoms with van der Waals surface area (Å²) in [7, 11) is -4.92. The first-order valence-corrected chi connectivity index (χ1v) is 29.2. The lowest BCUT2D eigenvalue weighted by molar-refractivity contribution is 0.589. The van der Waals surface area contributed by atoms with Gasteiger partial charge in [0, 0.05) is 0 Å². The second-order valence-corrected chi connectivity index (χ2v) is 47.9. The summed E-state index contributed by atoms with van der Waals surface area (Å²) in [5.74, 6) is 0. The third-order valence-corrected chi connectivity index (χ3v) is 67.1. The summed E-state index contributed by atoms with van der Waals surface area (Å²) in [6.07, 6.45) is 0. The van der Waals surface area contributed by atoms with Crippen LogP contribution in [0.15, 0.2) is 24.3 Å². The van der Waals surface area contributed by atoms with Crippen LogP contribution in [0.2, 0.25) is 33.2 Å². The van der Waals surface area contributed by atoms with Crippen LogP contribution in [0.5, 0.6) is 0 Å². The molecule has 0 aromatic heterocycles. The van der Waals surface area contributed by atoms with Crippen molar-refractivity contribution in [2.24, 2.45) is 0 Å². The first-order chi connectivity index (χ1) is 20.7. The Kier molecular flexibility index (Phi) is 13.2. The zero-order valence-electron chi connectivity index (χ0n) is 34.8. The molecule has 0 saturated carbocycles. The van der Waals surface area contributed by atoms with E-state index >= 15 is 0 Å². The van der Waals surface area contributed by atoms with Gasteiger partial charge in [0.25, 0.3) is 0 Å². The third kappa shape index (κ3) is 7.26. The number of benzene rings is 2. The average Bonchev–Trinajstić information content (AvgIpc) is 2.84. The van der Waals surface area contributed by atoms with Crippen molar-refractivity contribution < 1.29 is 0 Å². The monoisotopic (exact) mass is 693 g/mol. The summed E-state index contributed by atoms with van der Waals surface area (Å²) in [6.45, 7) is 55.7. The maximum atomic E-state index is 2.68. The molecular formula is C42H76Si4. The molecule has 0 bridgehead atoms. The number of hydrogen-bond acceptors (Lipinski definition) is 0. The van der Waals surface area contributed by atoms with Crippen LogP contribution in [-0.4, -0.2) is 30.0 Å². The van der Waals surface area contributed by atoms with Gasteiger partial charge in [-0.2, -0.15) is 0 Å². The smallest absolute Gasteiger partial charge is 0.0652 e. The molecule has 2 aromatic rings. The van der Waals surface area contributed by atoms with Gasteiger partial charge in [-0.15, -0.1) is 0 Å². The Bertz CT molecular complexity index is 1210. The van der Waals surface area contributed by atoms with Crippen LogP contribution < -0.4 is 10.4 Å². The Hall–Kier alpha value is -0.692. The second kappa shape index (κ2) is 14.7. The minimum Gasteiger partial charge on any atom is -0.0652 e. The van der Waals surface area contributed by atoms with Crippen molar-refractivity contribution >= 4 is 40.4 Å². The van der Waals surface area contributed by atoms with Gasteiger partial charge in [0.2, 0.25) is 0 Å². The molecule has 0 fully saturated rings. The van der Waals surface area contributed by atoms with Crippen LogP contribution in [0.1, 0.15) is 158 Å². The molecule has 0 heterocycles. The lowest BCUT2D eigenvalue weighted by atomic mass is 9.85. The quantitative estimate of drug-likeness (QED) is 0.217. The summed E-state index contributed by atoms with van der Waals surface area (Å²) in [6, 6.07) is 10.5. The Balaban J connectivity index is 3.73. The summed E-state index contributed by atoms with van der Waals surface area (Å²) in [5, 5.41) is 3.61. The van der Waals surface area contributed by atoms with E-state index in [2.05, 4.69) is 177 Å². The Morgan fingerprint density at radius 2 is 0.609 bits per heavy atom. The van der Waals surface area contributed by atoms with Crippen molar-refractivity contribution in [2.45, 2.75) is 196 Å². The molecule has 0 nitrogen and oxygen atoms in total. The molecule has 0 spiro atoms. The van der Waals surface area contributed by atoms with Crippen LogP contribution in [0, 0.1) is 27.7 Å². The normalized spacial score (nSPS) is 13.7. The fourth-order valence-electron chi connectivity index (χ4n) is 10.5. The molecule has 0 radical (unpaired) electrons. The molecular weight excluding hydrogens is 617 g/mol. The van der Waals surface area contributed by atoms with E-state index in [0.717, 1.165) is 33.2 Å². The highest BCUT2D eigenvalue weighted by atomic mass is 29.8. The minimum absolute atomic E-state index is 0.146. The Morgan fingerprint density at radius 1 is 0.413 bits per heavy atom. The predicted molar refractivity (Wildman–Crippen MR) is 222 cm³/mol. The summed E-state index contributed by atoms with van der Waals surface area (Å²) in [4.78, 5) is 0. The van der Waals surface area contributed by atoms with Gasteiger partial charge in [-0.3, -0.25) is 0 Å². The molecule has 0 aliphatic rings. The van der Waals surface area contributed by atoms with Crippen LogP contribution in [0.4, 0.5) is 0 Å². The first-order valence-electron chi connectivity index (χ1n) is 18.7. The molecule has 4 heteroatoms. The van der Waals surface area contributed by atoms with E-state index in [1.54, 1.807) is 32.6 Å². The predicted octanol–water partition coefficient (Wildman–Crippen LogP) is 12.2. The van der Waals surface area contributed by atoms with Crippen LogP contribution >= 0.6 is 0 Å². The largest absolute Gasteiger partial charge is 0.0652 e. The third-order valence-electron chi connectivity index (χ3n) is 12.1. The topological polar surface area (TPSA) is 0 Å². The highest BCUT2D eigenvalue weighted by Gasteiger charge is 2.59. The highest BCUT2D eigenvalue weighted by Crippen LogP contribution is 2.51. The van der Waals surface area contributed by atoms with Gasteiger partial charge in [0.1, 0.15) is 0 Å². The first kappa shape index (κ1) is 41.5. The van der Waals surface area contributed by atoms with Gasteiger partial charge in [0.05, 0.1) is 23.1 Å². The van der Waals surface area contributed by atoms with Gasteiger partial charge in [0.15, 0.2) is 0 Å². The van der Waals surface area contributed by atoms with Gasteiger partial charge in [-0.25, -0.2) is 0 Å². The van der Waals surface area contributed by atoms with Crippen molar-refractivity contribution in [2.75, 3.05) is 0 Å². The summed E-state index contributed by atoms with van der Waals surface area (Å²) in [5.41, 5.74) is 14.2. The fourth-order valence-corrected chi connectivity index (χ4v) is 95.5. The summed E-state index contributed by atoms with van der Waals surface area (Å²) >= 11 is 0. The number of aryl methyl sites for hydroxylation is 4. The molecule has 46 heavy (non-hydrogen) atoms. The van der Waals surface area contributed by atoms with E-state index < -0.39 is 30.0 Å². The van der Waals surface area contributed by atoms with Crippen molar-refractivity contribution in [3.8, 4) is 0 Å². The molecule has 0 aliphatic carbocycles. The standard InChI is InChI=1S/C42H76Si4/c1-27(2)45(28(3)4,29(5)6)44(46(30(7)8,31(9)10)32(11)12)43(39-33(13)23-37(24-34(39)14)41(17,18)19)40-35(15)25-38(26-36(40)16)42(20,21)22/h23-32H,1-22H3. The van der Waals surface area contributed by atoms with E-state index in [0.29, 0.717) is 0 Å². The van der Waals surface area contributed by atoms with E-state index in [1.807, 2.05) is 0 Å². The fraction of sp³-hybridized carbons (Fsp3) is 0.714. The molecule has 0 unspecified atom stereocenters.